The number of aliphatic imine (C=N–C) groups is 1. The standard InChI is InChI=1S/C21H32N6O2/c1-4-22-21(25-12-7-13-27-17(3)14-16(2)26-27)24-11-6-10-23-20(29)18-8-5-9-19(28)15-18/h5,8-9,14-15,28H,4,6-7,10-13H2,1-3H3,(H,23,29)(H2,22,24,25). The molecule has 4 N–H and O–H groups in total. The lowest BCUT2D eigenvalue weighted by molar-refractivity contribution is 0.0953. The monoisotopic (exact) mass is 400 g/mol. The predicted molar refractivity (Wildman–Crippen MR) is 115 cm³/mol. The number of rotatable bonds is 10. The van der Waals surface area contributed by atoms with Crippen molar-refractivity contribution in [3.05, 3.63) is 47.3 Å². The average molecular weight is 401 g/mol. The van der Waals surface area contributed by atoms with Gasteiger partial charge in [0, 0.05) is 44.0 Å². The van der Waals surface area contributed by atoms with Gasteiger partial charge in [-0.2, -0.15) is 5.10 Å². The summed E-state index contributed by atoms with van der Waals surface area (Å²) in [5.74, 6) is 0.675. The molecule has 0 fully saturated rings. The second-order valence-corrected chi connectivity index (χ2v) is 6.85. The summed E-state index contributed by atoms with van der Waals surface area (Å²) >= 11 is 0. The first-order valence-corrected chi connectivity index (χ1v) is 10.1. The lowest BCUT2D eigenvalue weighted by Gasteiger charge is -2.12. The van der Waals surface area contributed by atoms with Crippen molar-refractivity contribution in [2.75, 3.05) is 26.2 Å². The van der Waals surface area contributed by atoms with Crippen molar-refractivity contribution < 1.29 is 9.90 Å². The van der Waals surface area contributed by atoms with Crippen LogP contribution in [-0.2, 0) is 6.54 Å². The van der Waals surface area contributed by atoms with E-state index in [0.29, 0.717) is 25.2 Å². The zero-order valence-electron chi connectivity index (χ0n) is 17.5. The minimum Gasteiger partial charge on any atom is -0.508 e. The highest BCUT2D eigenvalue weighted by molar-refractivity contribution is 5.94. The molecule has 1 aromatic heterocycles. The Kier molecular flexibility index (Phi) is 9.01. The number of guanidine groups is 1. The maximum absolute atomic E-state index is 12.0. The van der Waals surface area contributed by atoms with Crippen LogP contribution in [0.3, 0.4) is 0 Å². The second-order valence-electron chi connectivity index (χ2n) is 6.85. The zero-order chi connectivity index (χ0) is 21.1. The number of amides is 1. The van der Waals surface area contributed by atoms with Gasteiger partial charge in [0.2, 0.25) is 0 Å². The molecule has 0 radical (unpaired) electrons. The van der Waals surface area contributed by atoms with Crippen molar-refractivity contribution in [3.8, 4) is 5.75 Å². The van der Waals surface area contributed by atoms with E-state index < -0.39 is 0 Å². The molecule has 0 spiro atoms. The topological polar surface area (TPSA) is 104 Å². The van der Waals surface area contributed by atoms with Crippen LogP contribution in [0.2, 0.25) is 0 Å². The Morgan fingerprint density at radius 2 is 1.93 bits per heavy atom. The fraction of sp³-hybridized carbons (Fsp3) is 0.476. The summed E-state index contributed by atoms with van der Waals surface area (Å²) in [6.07, 6.45) is 1.68. The normalized spacial score (nSPS) is 11.3. The fourth-order valence-corrected chi connectivity index (χ4v) is 2.90. The number of hydrogen-bond acceptors (Lipinski definition) is 4. The molecule has 1 aromatic carbocycles. The molecule has 0 bridgehead atoms. The second kappa shape index (κ2) is 11.7. The average Bonchev–Trinajstić information content (AvgIpc) is 3.01. The maximum atomic E-state index is 12.0. The highest BCUT2D eigenvalue weighted by Gasteiger charge is 2.05. The Morgan fingerprint density at radius 3 is 2.62 bits per heavy atom. The molecule has 0 aliphatic rings. The van der Waals surface area contributed by atoms with E-state index in [9.17, 15) is 9.90 Å². The van der Waals surface area contributed by atoms with Gasteiger partial charge in [-0.3, -0.25) is 14.5 Å². The molecule has 8 heteroatoms. The molecule has 2 rings (SSSR count). The molecule has 1 heterocycles. The predicted octanol–water partition coefficient (Wildman–Crippen LogP) is 1.97. The SMILES string of the molecule is CCNC(=NCCCn1nc(C)cc1C)NCCCNC(=O)c1cccc(O)c1. The number of aromatic nitrogens is 2. The van der Waals surface area contributed by atoms with Crippen LogP contribution in [-0.4, -0.2) is 52.9 Å². The van der Waals surface area contributed by atoms with E-state index in [1.165, 1.54) is 11.8 Å². The quantitative estimate of drug-likeness (QED) is 0.277. The highest BCUT2D eigenvalue weighted by Crippen LogP contribution is 2.10. The van der Waals surface area contributed by atoms with Gasteiger partial charge in [-0.15, -0.1) is 0 Å². The number of nitrogens with one attached hydrogen (secondary N) is 3. The zero-order valence-corrected chi connectivity index (χ0v) is 17.5. The molecule has 8 nitrogen and oxygen atoms in total. The number of aryl methyl sites for hydroxylation is 3. The molecule has 0 saturated heterocycles. The summed E-state index contributed by atoms with van der Waals surface area (Å²) < 4.78 is 2.01. The summed E-state index contributed by atoms with van der Waals surface area (Å²) in [7, 11) is 0. The van der Waals surface area contributed by atoms with Gasteiger partial charge in [-0.05, 0) is 57.9 Å². The summed E-state index contributed by atoms with van der Waals surface area (Å²) in [5, 5.41) is 23.3. The van der Waals surface area contributed by atoms with E-state index in [1.54, 1.807) is 18.2 Å². The van der Waals surface area contributed by atoms with Gasteiger partial charge in [-0.25, -0.2) is 0 Å². The molecular weight excluding hydrogens is 368 g/mol. The van der Waals surface area contributed by atoms with Crippen molar-refractivity contribution in [2.24, 2.45) is 4.99 Å². The van der Waals surface area contributed by atoms with Crippen molar-refractivity contribution in [2.45, 2.75) is 40.2 Å². The summed E-state index contributed by atoms with van der Waals surface area (Å²) in [6, 6.07) is 8.40. The lowest BCUT2D eigenvalue weighted by Crippen LogP contribution is -2.39. The third-order valence-electron chi connectivity index (χ3n) is 4.29. The number of nitrogens with zero attached hydrogens (tertiary/aromatic N) is 3. The van der Waals surface area contributed by atoms with Gasteiger partial charge in [0.1, 0.15) is 5.75 Å². The van der Waals surface area contributed by atoms with E-state index in [0.717, 1.165) is 37.6 Å². The minimum atomic E-state index is -0.189. The number of hydrogen-bond donors (Lipinski definition) is 4. The molecule has 0 aliphatic carbocycles. The molecule has 0 atom stereocenters. The van der Waals surface area contributed by atoms with Gasteiger partial charge in [-0.1, -0.05) is 6.07 Å². The van der Waals surface area contributed by atoms with Crippen LogP contribution in [0.1, 0.15) is 41.5 Å². The largest absolute Gasteiger partial charge is 0.508 e. The van der Waals surface area contributed by atoms with Crippen LogP contribution in [0, 0.1) is 13.8 Å². The molecule has 29 heavy (non-hydrogen) atoms. The van der Waals surface area contributed by atoms with Gasteiger partial charge in [0.25, 0.3) is 5.91 Å². The Bertz CT molecular complexity index is 815. The van der Waals surface area contributed by atoms with Crippen LogP contribution in [0.25, 0.3) is 0 Å². The minimum absolute atomic E-state index is 0.0867. The first-order valence-electron chi connectivity index (χ1n) is 10.1. The lowest BCUT2D eigenvalue weighted by atomic mass is 10.2. The molecule has 0 unspecified atom stereocenters. The van der Waals surface area contributed by atoms with Crippen LogP contribution in [0.5, 0.6) is 5.75 Å². The molecule has 0 aliphatic heterocycles. The Balaban J connectivity index is 1.66. The third kappa shape index (κ3) is 7.85. The molecular formula is C21H32N6O2. The van der Waals surface area contributed by atoms with Crippen LogP contribution >= 0.6 is 0 Å². The van der Waals surface area contributed by atoms with Gasteiger partial charge in [0.05, 0.1) is 5.69 Å². The molecule has 1 amide bonds. The Morgan fingerprint density at radius 1 is 1.14 bits per heavy atom. The van der Waals surface area contributed by atoms with Crippen molar-refractivity contribution in [3.63, 3.8) is 0 Å². The third-order valence-corrected chi connectivity index (χ3v) is 4.29. The van der Waals surface area contributed by atoms with Crippen molar-refractivity contribution >= 4 is 11.9 Å². The van der Waals surface area contributed by atoms with Crippen LogP contribution < -0.4 is 16.0 Å². The van der Waals surface area contributed by atoms with Gasteiger partial charge < -0.3 is 21.1 Å². The fourth-order valence-electron chi connectivity index (χ4n) is 2.90. The molecule has 158 valence electrons. The number of phenolic OH excluding ortho intramolecular Hbond substituents is 1. The number of carbonyl (C=O) groups excluding carboxylic acids is 1. The van der Waals surface area contributed by atoms with E-state index in [-0.39, 0.29) is 11.7 Å². The summed E-state index contributed by atoms with van der Waals surface area (Å²) in [5.41, 5.74) is 2.66. The van der Waals surface area contributed by atoms with E-state index in [1.807, 2.05) is 18.5 Å². The number of phenols is 1. The smallest absolute Gasteiger partial charge is 0.251 e. The number of aromatic hydroxyl groups is 1. The van der Waals surface area contributed by atoms with Crippen LogP contribution in [0.4, 0.5) is 0 Å². The van der Waals surface area contributed by atoms with E-state index in [2.05, 4.69) is 39.0 Å². The number of carbonyl (C=O) groups is 1. The van der Waals surface area contributed by atoms with Crippen LogP contribution in [0.15, 0.2) is 35.3 Å². The molecule has 2 aromatic rings. The maximum Gasteiger partial charge on any atom is 0.251 e. The van der Waals surface area contributed by atoms with Gasteiger partial charge >= 0.3 is 0 Å². The van der Waals surface area contributed by atoms with Crippen molar-refractivity contribution in [1.82, 2.24) is 25.7 Å². The molecule has 0 saturated carbocycles. The first-order chi connectivity index (χ1) is 14.0. The summed E-state index contributed by atoms with van der Waals surface area (Å²) in [6.45, 7) is 9.68. The Hall–Kier alpha value is -3.03. The highest BCUT2D eigenvalue weighted by atomic mass is 16.3. The first kappa shape index (κ1) is 22.3. The van der Waals surface area contributed by atoms with E-state index >= 15 is 0 Å². The summed E-state index contributed by atoms with van der Waals surface area (Å²) in [4.78, 5) is 16.6. The van der Waals surface area contributed by atoms with E-state index in [4.69, 9.17) is 0 Å². The van der Waals surface area contributed by atoms with Gasteiger partial charge in [0.15, 0.2) is 5.96 Å². The number of benzene rings is 1. The Labute approximate surface area is 172 Å². The van der Waals surface area contributed by atoms with Crippen molar-refractivity contribution in [1.29, 1.82) is 0 Å².